The van der Waals surface area contributed by atoms with Gasteiger partial charge < -0.3 is 24.2 Å². The molecule has 4 rings (SSSR count). The molecular weight excluding hydrogens is 576 g/mol. The van der Waals surface area contributed by atoms with E-state index in [4.69, 9.17) is 25.8 Å². The third-order valence-corrected chi connectivity index (χ3v) is 9.25. The van der Waals surface area contributed by atoms with Gasteiger partial charge in [-0.3, -0.25) is 19.7 Å². The zero-order chi connectivity index (χ0) is 31.9. The second-order valence-electron chi connectivity index (χ2n) is 12.4. The first-order valence-electron chi connectivity index (χ1n) is 14.5. The first kappa shape index (κ1) is 32.7. The number of esters is 1. The lowest BCUT2D eigenvalue weighted by atomic mass is 9.82. The monoisotopic (exact) mass is 616 g/mol. The molecule has 0 radical (unpaired) electrons. The minimum absolute atomic E-state index is 0.0874. The van der Waals surface area contributed by atoms with Crippen molar-refractivity contribution in [3.05, 3.63) is 52.1 Å². The molecule has 1 aromatic rings. The Kier molecular flexibility index (Phi) is 9.44. The van der Waals surface area contributed by atoms with Crippen molar-refractivity contribution in [1.82, 2.24) is 5.32 Å². The Labute approximate surface area is 257 Å². The Balaban J connectivity index is 1.76. The van der Waals surface area contributed by atoms with Crippen LogP contribution in [0.3, 0.4) is 0 Å². The molecule has 11 heteroatoms. The molecule has 10 nitrogen and oxygen atoms in total. The molecule has 0 spiro atoms. The summed E-state index contributed by atoms with van der Waals surface area (Å²) < 4.78 is 17.4. The highest BCUT2D eigenvalue weighted by molar-refractivity contribution is 6.34. The van der Waals surface area contributed by atoms with Gasteiger partial charge in [0.25, 0.3) is 0 Å². The van der Waals surface area contributed by atoms with Crippen molar-refractivity contribution >= 4 is 41.0 Å². The maximum Gasteiger partial charge on any atom is 0.409 e. The van der Waals surface area contributed by atoms with Gasteiger partial charge in [0.2, 0.25) is 5.91 Å². The summed E-state index contributed by atoms with van der Waals surface area (Å²) in [5.74, 6) is -2.39. The molecule has 3 aliphatic heterocycles. The number of nitrogens with one attached hydrogen (secondary N) is 1. The third-order valence-electron chi connectivity index (χ3n) is 8.76. The van der Waals surface area contributed by atoms with Crippen molar-refractivity contribution in [2.24, 2.45) is 11.8 Å². The quantitative estimate of drug-likeness (QED) is 0.287. The number of carbonyl (C=O) groups excluding carboxylic acids is 4. The van der Waals surface area contributed by atoms with Crippen LogP contribution in [0, 0.1) is 18.8 Å². The number of nitrogens with zero attached hydrogens (tertiary/aromatic N) is 1. The van der Waals surface area contributed by atoms with Crippen LogP contribution < -0.4 is 10.2 Å². The minimum Gasteiger partial charge on any atom is -0.458 e. The smallest absolute Gasteiger partial charge is 0.409 e. The number of epoxide rings is 1. The van der Waals surface area contributed by atoms with E-state index in [2.05, 4.69) is 5.32 Å². The number of aryl methyl sites for hydroxylation is 1. The number of alkyl carbamates (subject to hydrolysis) is 1. The predicted molar refractivity (Wildman–Crippen MR) is 161 cm³/mol. The summed E-state index contributed by atoms with van der Waals surface area (Å²) in [6.07, 6.45) is 2.51. The van der Waals surface area contributed by atoms with Crippen LogP contribution in [0.15, 0.2) is 35.9 Å². The average molecular weight is 617 g/mol. The Morgan fingerprint density at radius 3 is 2.60 bits per heavy atom. The van der Waals surface area contributed by atoms with Crippen LogP contribution in [-0.4, -0.2) is 65.5 Å². The van der Waals surface area contributed by atoms with Gasteiger partial charge in [-0.05, 0) is 51.3 Å². The van der Waals surface area contributed by atoms with Crippen molar-refractivity contribution < 1.29 is 38.5 Å². The summed E-state index contributed by atoms with van der Waals surface area (Å²) in [5, 5.41) is 14.5. The van der Waals surface area contributed by atoms with E-state index in [0.717, 1.165) is 16.7 Å². The molecule has 3 aliphatic rings. The van der Waals surface area contributed by atoms with Crippen LogP contribution in [-0.2, 0) is 35.0 Å². The lowest BCUT2D eigenvalue weighted by Crippen LogP contribution is -2.60. The van der Waals surface area contributed by atoms with Gasteiger partial charge >= 0.3 is 12.1 Å². The fourth-order valence-corrected chi connectivity index (χ4v) is 6.19. The van der Waals surface area contributed by atoms with E-state index in [0.29, 0.717) is 17.1 Å². The number of allylic oxidation sites excluding steroid dienone is 3. The van der Waals surface area contributed by atoms with Crippen molar-refractivity contribution in [3.8, 4) is 0 Å². The van der Waals surface area contributed by atoms with Crippen LogP contribution in [0.2, 0.25) is 5.02 Å². The van der Waals surface area contributed by atoms with Gasteiger partial charge in [-0.15, -0.1) is 0 Å². The minimum atomic E-state index is -1.57. The first-order chi connectivity index (χ1) is 20.0. The van der Waals surface area contributed by atoms with Crippen molar-refractivity contribution in [3.63, 3.8) is 0 Å². The first-order valence-corrected chi connectivity index (χ1v) is 14.9. The number of ether oxygens (including phenoxy) is 3. The molecule has 234 valence electrons. The van der Waals surface area contributed by atoms with Gasteiger partial charge in [-0.1, -0.05) is 55.3 Å². The zero-order valence-electron chi connectivity index (χ0n) is 25.7. The van der Waals surface area contributed by atoms with E-state index < -0.39 is 60.0 Å². The maximum absolute atomic E-state index is 13.7. The number of amides is 2. The van der Waals surface area contributed by atoms with Gasteiger partial charge in [0, 0.05) is 25.3 Å². The van der Waals surface area contributed by atoms with Crippen LogP contribution in [0.5, 0.6) is 0 Å². The molecule has 0 aliphatic carbocycles. The fourth-order valence-electron chi connectivity index (χ4n) is 5.95. The lowest BCUT2D eigenvalue weighted by Gasteiger charge is -2.41. The van der Waals surface area contributed by atoms with Crippen molar-refractivity contribution in [2.45, 2.75) is 96.9 Å². The molecule has 7 atom stereocenters. The number of aliphatic hydroxyl groups is 1. The summed E-state index contributed by atoms with van der Waals surface area (Å²) in [6, 6.07) is 3.83. The number of halogens is 1. The van der Waals surface area contributed by atoms with E-state index in [9.17, 15) is 24.3 Å². The molecule has 3 heterocycles. The Hall–Kier alpha value is -3.21. The summed E-state index contributed by atoms with van der Waals surface area (Å²) in [5.41, 5.74) is 0.603. The van der Waals surface area contributed by atoms with Gasteiger partial charge in [0.1, 0.15) is 35.7 Å². The second-order valence-corrected chi connectivity index (χ2v) is 12.8. The molecule has 2 amide bonds. The highest BCUT2D eigenvalue weighted by Crippen LogP contribution is 2.49. The Morgan fingerprint density at radius 2 is 1.93 bits per heavy atom. The number of hydrogen-bond donors (Lipinski definition) is 2. The number of fused-ring (bicyclic) bond motifs is 5. The van der Waals surface area contributed by atoms with E-state index in [1.165, 1.54) is 11.8 Å². The molecule has 1 aromatic carbocycles. The number of ketones is 1. The van der Waals surface area contributed by atoms with E-state index in [1.54, 1.807) is 14.0 Å². The molecule has 2 saturated heterocycles. The molecule has 2 N–H and O–H groups in total. The van der Waals surface area contributed by atoms with Gasteiger partial charge in [-0.2, -0.15) is 0 Å². The van der Waals surface area contributed by atoms with E-state index in [1.807, 2.05) is 58.1 Å². The van der Waals surface area contributed by atoms with Crippen LogP contribution in [0.1, 0.15) is 65.0 Å². The topological polar surface area (TPSA) is 135 Å². The molecule has 43 heavy (non-hydrogen) atoms. The molecular formula is C32H41ClN2O8. The van der Waals surface area contributed by atoms with Crippen LogP contribution >= 0.6 is 11.6 Å². The number of rotatable bonds is 3. The number of hydrogen-bond acceptors (Lipinski definition) is 8. The van der Waals surface area contributed by atoms with Crippen molar-refractivity contribution in [1.29, 1.82) is 0 Å². The molecule has 4 bridgehead atoms. The lowest BCUT2D eigenvalue weighted by molar-refractivity contribution is -0.155. The number of benzene rings is 1. The van der Waals surface area contributed by atoms with Gasteiger partial charge in [0.05, 0.1) is 23.2 Å². The summed E-state index contributed by atoms with van der Waals surface area (Å²) in [7, 11) is 1.61. The maximum atomic E-state index is 13.7. The number of Topliss-reactive ketones (excluding diaryl/α,β-unsaturated/α-hetero) is 1. The average Bonchev–Trinajstić information content (AvgIpc) is 3.60. The third kappa shape index (κ3) is 7.13. The fraction of sp³-hybridized carbons (Fsp3) is 0.562. The highest BCUT2D eigenvalue weighted by atomic mass is 35.5. The molecule has 0 saturated carbocycles. The largest absolute Gasteiger partial charge is 0.458 e. The highest BCUT2D eigenvalue weighted by Gasteiger charge is 2.64. The SMILES string of the molecule is CC(=O)CC(=O)OC1CC(=O)N(C)c2cc(cc(C)c2Cl)C/C(C)=C/C=C/C(C)C2(O)CC(OC(=O)N2)C(C)C2OC12C. The second kappa shape index (κ2) is 12.4. The van der Waals surface area contributed by atoms with Crippen LogP contribution in [0.4, 0.5) is 10.5 Å². The number of anilines is 1. The van der Waals surface area contributed by atoms with Crippen molar-refractivity contribution in [2.75, 3.05) is 11.9 Å². The van der Waals surface area contributed by atoms with Gasteiger partial charge in [0.15, 0.2) is 0 Å². The summed E-state index contributed by atoms with van der Waals surface area (Å²) >= 11 is 6.67. The zero-order valence-corrected chi connectivity index (χ0v) is 26.5. The number of carbonyl (C=O) groups is 4. The van der Waals surface area contributed by atoms with Gasteiger partial charge in [-0.25, -0.2) is 4.79 Å². The Bertz CT molecular complexity index is 1380. The Morgan fingerprint density at radius 1 is 1.23 bits per heavy atom. The van der Waals surface area contributed by atoms with E-state index in [-0.39, 0.29) is 24.5 Å². The standard InChI is InChI=1S/C32H41ClN2O8/c1-17-9-8-10-19(3)32(40)16-24(41-30(39)34-32)21(5)29-31(6,43-29)25(42-27(38)13-20(4)36)15-26(37)35(7)23-14-22(11-17)12-18(2)28(23)33/h8-10,12,14,19,21,24-25,29,40H,11,13,15-16H2,1-7H3,(H,34,39)/b10-8+,17-9+. The molecule has 2 fully saturated rings. The van der Waals surface area contributed by atoms with E-state index >= 15 is 0 Å². The van der Waals surface area contributed by atoms with Crippen LogP contribution in [0.25, 0.3) is 0 Å². The predicted octanol–water partition coefficient (Wildman–Crippen LogP) is 4.57. The normalized spacial score (nSPS) is 35.0. The summed E-state index contributed by atoms with van der Waals surface area (Å²) in [4.78, 5) is 52.0. The molecule has 7 unspecified atom stereocenters. The summed E-state index contributed by atoms with van der Waals surface area (Å²) in [6.45, 7) is 10.5. The molecule has 0 aromatic heterocycles.